The van der Waals surface area contributed by atoms with Crippen LogP contribution in [0.25, 0.3) is 0 Å². The van der Waals surface area contributed by atoms with E-state index in [1.54, 1.807) is 0 Å². The first-order valence-electron chi connectivity index (χ1n) is 7.25. The van der Waals surface area contributed by atoms with E-state index < -0.39 is 17.2 Å². The highest BCUT2D eigenvalue weighted by Crippen LogP contribution is 2.33. The Morgan fingerprint density at radius 2 is 2.24 bits per heavy atom. The predicted octanol–water partition coefficient (Wildman–Crippen LogP) is 3.81. The van der Waals surface area contributed by atoms with Gasteiger partial charge in [0, 0.05) is 11.4 Å². The van der Waals surface area contributed by atoms with Crippen molar-refractivity contribution in [1.29, 1.82) is 0 Å². The van der Waals surface area contributed by atoms with Crippen molar-refractivity contribution < 1.29 is 13.6 Å². The SMILES string of the molecule is CC1CCCC(CCl)(NC(=O)Cc2cccc(F)c2F)C1. The second kappa shape index (κ2) is 6.73. The predicted molar refractivity (Wildman–Crippen MR) is 79.3 cm³/mol. The summed E-state index contributed by atoms with van der Waals surface area (Å²) in [4.78, 5) is 12.2. The molecule has 0 spiro atoms. The van der Waals surface area contributed by atoms with E-state index in [2.05, 4.69) is 12.2 Å². The molecule has 1 aromatic carbocycles. The van der Waals surface area contributed by atoms with Crippen molar-refractivity contribution in [2.24, 2.45) is 5.92 Å². The summed E-state index contributed by atoms with van der Waals surface area (Å²) < 4.78 is 26.8. The van der Waals surface area contributed by atoms with E-state index in [4.69, 9.17) is 11.6 Å². The van der Waals surface area contributed by atoms with Crippen LogP contribution in [-0.2, 0) is 11.2 Å². The molecule has 1 N–H and O–H groups in total. The molecule has 2 nitrogen and oxygen atoms in total. The molecule has 0 aliphatic heterocycles. The van der Waals surface area contributed by atoms with Crippen molar-refractivity contribution >= 4 is 17.5 Å². The Hall–Kier alpha value is -1.16. The average Bonchev–Trinajstić information content (AvgIpc) is 2.44. The van der Waals surface area contributed by atoms with Crippen LogP contribution in [0.4, 0.5) is 8.78 Å². The number of carbonyl (C=O) groups is 1. The summed E-state index contributed by atoms with van der Waals surface area (Å²) in [5.41, 5.74) is -0.346. The topological polar surface area (TPSA) is 29.1 Å². The maximum absolute atomic E-state index is 13.6. The Balaban J connectivity index is 2.05. The Morgan fingerprint density at radius 3 is 2.90 bits per heavy atom. The Morgan fingerprint density at radius 1 is 1.48 bits per heavy atom. The van der Waals surface area contributed by atoms with Gasteiger partial charge in [0.05, 0.1) is 12.0 Å². The first-order valence-corrected chi connectivity index (χ1v) is 7.79. The normalized spacial score (nSPS) is 25.6. The van der Waals surface area contributed by atoms with Crippen molar-refractivity contribution in [3.05, 3.63) is 35.4 Å². The van der Waals surface area contributed by atoms with Gasteiger partial charge in [-0.3, -0.25) is 4.79 Å². The molecule has 0 saturated heterocycles. The van der Waals surface area contributed by atoms with E-state index in [1.165, 1.54) is 12.1 Å². The van der Waals surface area contributed by atoms with E-state index in [0.717, 1.165) is 31.7 Å². The zero-order valence-electron chi connectivity index (χ0n) is 12.1. The highest BCUT2D eigenvalue weighted by atomic mass is 35.5. The van der Waals surface area contributed by atoms with Crippen LogP contribution in [0, 0.1) is 17.6 Å². The summed E-state index contributed by atoms with van der Waals surface area (Å²) in [5, 5.41) is 2.95. The van der Waals surface area contributed by atoms with E-state index in [9.17, 15) is 13.6 Å². The van der Waals surface area contributed by atoms with E-state index in [0.29, 0.717) is 11.8 Å². The summed E-state index contributed by atoms with van der Waals surface area (Å²) in [6.45, 7) is 2.14. The van der Waals surface area contributed by atoms with Crippen LogP contribution < -0.4 is 5.32 Å². The molecule has 0 heterocycles. The lowest BCUT2D eigenvalue weighted by Crippen LogP contribution is -2.53. The van der Waals surface area contributed by atoms with Gasteiger partial charge in [0.1, 0.15) is 0 Å². The minimum absolute atomic E-state index is 0.0704. The second-order valence-corrected chi connectivity index (χ2v) is 6.32. The van der Waals surface area contributed by atoms with Gasteiger partial charge in [-0.1, -0.05) is 31.9 Å². The standard InChI is InChI=1S/C16H20ClF2NO/c1-11-4-3-7-16(9-11,10-17)20-14(21)8-12-5-2-6-13(18)15(12)19/h2,5-6,11H,3-4,7-10H2,1H3,(H,20,21). The Kier molecular flexibility index (Phi) is 5.20. The third kappa shape index (κ3) is 3.94. The molecule has 116 valence electrons. The first kappa shape index (κ1) is 16.2. The van der Waals surface area contributed by atoms with Crippen molar-refractivity contribution in [3.63, 3.8) is 0 Å². The molecule has 1 fully saturated rings. The molecule has 1 aliphatic carbocycles. The fourth-order valence-electron chi connectivity index (χ4n) is 3.13. The number of halogens is 3. The maximum Gasteiger partial charge on any atom is 0.225 e. The van der Waals surface area contributed by atoms with Gasteiger partial charge in [0.25, 0.3) is 0 Å². The molecule has 1 saturated carbocycles. The first-order chi connectivity index (χ1) is 9.96. The van der Waals surface area contributed by atoms with Gasteiger partial charge in [-0.2, -0.15) is 0 Å². The van der Waals surface area contributed by atoms with Crippen LogP contribution in [0.2, 0.25) is 0 Å². The fourth-order valence-corrected chi connectivity index (χ4v) is 3.44. The monoisotopic (exact) mass is 315 g/mol. The summed E-state index contributed by atoms with van der Waals surface area (Å²) in [6, 6.07) is 3.87. The van der Waals surface area contributed by atoms with Crippen molar-refractivity contribution in [1.82, 2.24) is 5.32 Å². The van der Waals surface area contributed by atoms with Gasteiger partial charge in [-0.05, 0) is 24.8 Å². The highest BCUT2D eigenvalue weighted by Gasteiger charge is 2.35. The molecule has 0 radical (unpaired) electrons. The van der Waals surface area contributed by atoms with Gasteiger partial charge >= 0.3 is 0 Å². The molecular weight excluding hydrogens is 296 g/mol. The lowest BCUT2D eigenvalue weighted by atomic mass is 9.77. The number of rotatable bonds is 4. The molecule has 2 atom stereocenters. The Bertz CT molecular complexity index is 523. The lowest BCUT2D eigenvalue weighted by Gasteiger charge is -2.39. The van der Waals surface area contributed by atoms with Crippen LogP contribution in [0.3, 0.4) is 0 Å². The van der Waals surface area contributed by atoms with Gasteiger partial charge in [-0.25, -0.2) is 8.78 Å². The van der Waals surface area contributed by atoms with Crippen LogP contribution in [0.15, 0.2) is 18.2 Å². The fraction of sp³-hybridized carbons (Fsp3) is 0.562. The van der Waals surface area contributed by atoms with Gasteiger partial charge in [-0.15, -0.1) is 11.6 Å². The highest BCUT2D eigenvalue weighted by molar-refractivity contribution is 6.18. The van der Waals surface area contributed by atoms with Crippen LogP contribution >= 0.6 is 11.6 Å². The van der Waals surface area contributed by atoms with Gasteiger partial charge in [0.2, 0.25) is 5.91 Å². The molecule has 5 heteroatoms. The van der Waals surface area contributed by atoms with Crippen molar-refractivity contribution in [3.8, 4) is 0 Å². The number of carbonyl (C=O) groups excluding carboxylic acids is 1. The molecule has 2 unspecified atom stereocenters. The zero-order valence-corrected chi connectivity index (χ0v) is 12.9. The molecule has 2 rings (SSSR count). The molecule has 0 bridgehead atoms. The summed E-state index contributed by atoms with van der Waals surface area (Å²) in [6.07, 6.45) is 3.64. The van der Waals surface area contributed by atoms with Crippen LogP contribution in [-0.4, -0.2) is 17.3 Å². The smallest absolute Gasteiger partial charge is 0.225 e. The number of nitrogens with one attached hydrogen (secondary N) is 1. The molecule has 1 amide bonds. The summed E-state index contributed by atoms with van der Waals surface area (Å²) in [5.74, 6) is -1.35. The Labute approximate surface area is 128 Å². The summed E-state index contributed by atoms with van der Waals surface area (Å²) >= 11 is 6.06. The molecular formula is C16H20ClF2NO. The number of amides is 1. The minimum atomic E-state index is -0.954. The van der Waals surface area contributed by atoms with E-state index in [1.807, 2.05) is 0 Å². The number of hydrogen-bond donors (Lipinski definition) is 1. The zero-order chi connectivity index (χ0) is 15.5. The third-order valence-electron chi connectivity index (χ3n) is 4.13. The quantitative estimate of drug-likeness (QED) is 0.841. The molecule has 1 aliphatic rings. The number of alkyl halides is 1. The largest absolute Gasteiger partial charge is 0.349 e. The van der Waals surface area contributed by atoms with Crippen molar-refractivity contribution in [2.45, 2.75) is 44.6 Å². The minimum Gasteiger partial charge on any atom is -0.349 e. The maximum atomic E-state index is 13.6. The molecule has 0 aromatic heterocycles. The van der Waals surface area contributed by atoms with Crippen molar-refractivity contribution in [2.75, 3.05) is 5.88 Å². The summed E-state index contributed by atoms with van der Waals surface area (Å²) in [7, 11) is 0. The molecule has 21 heavy (non-hydrogen) atoms. The second-order valence-electron chi connectivity index (χ2n) is 6.05. The van der Waals surface area contributed by atoms with E-state index in [-0.39, 0.29) is 17.9 Å². The third-order valence-corrected chi connectivity index (χ3v) is 4.65. The lowest BCUT2D eigenvalue weighted by molar-refractivity contribution is -0.122. The van der Waals surface area contributed by atoms with Gasteiger partial charge in [0.15, 0.2) is 11.6 Å². The van der Waals surface area contributed by atoms with E-state index >= 15 is 0 Å². The molecule has 1 aromatic rings. The number of benzene rings is 1. The number of hydrogen-bond acceptors (Lipinski definition) is 1. The van der Waals surface area contributed by atoms with Gasteiger partial charge < -0.3 is 5.32 Å². The van der Waals surface area contributed by atoms with Crippen LogP contribution in [0.5, 0.6) is 0 Å². The average molecular weight is 316 g/mol. The van der Waals surface area contributed by atoms with Crippen LogP contribution in [0.1, 0.15) is 38.2 Å².